The first-order chi connectivity index (χ1) is 6.86. The van der Waals surface area contributed by atoms with Crippen molar-refractivity contribution >= 4 is 15.9 Å². The van der Waals surface area contributed by atoms with Crippen LogP contribution in [0.25, 0.3) is 0 Å². The maximum Gasteiger partial charge on any atom is 0.119 e. The maximum atomic E-state index is 5.62. The second-order valence-electron chi connectivity index (χ2n) is 3.29. The predicted molar refractivity (Wildman–Crippen MR) is 64.3 cm³/mol. The third kappa shape index (κ3) is 4.14. The fraction of sp³-hybridized carbons (Fsp3) is 0.500. The molecule has 0 aliphatic carbocycles. The van der Waals surface area contributed by atoms with Gasteiger partial charge < -0.3 is 4.74 Å². The summed E-state index contributed by atoms with van der Waals surface area (Å²) in [7, 11) is 0. The van der Waals surface area contributed by atoms with Crippen molar-refractivity contribution in [3.05, 3.63) is 29.8 Å². The van der Waals surface area contributed by atoms with Gasteiger partial charge in [-0.3, -0.25) is 0 Å². The Morgan fingerprint density at radius 3 is 2.93 bits per heavy atom. The minimum Gasteiger partial charge on any atom is -0.494 e. The van der Waals surface area contributed by atoms with Crippen LogP contribution < -0.4 is 4.74 Å². The number of unbranched alkanes of at least 4 members (excludes halogenated alkanes) is 1. The number of rotatable bonds is 6. The summed E-state index contributed by atoms with van der Waals surface area (Å²) in [6.07, 6.45) is 3.37. The predicted octanol–water partition coefficient (Wildman–Crippen LogP) is 3.80. The summed E-state index contributed by atoms with van der Waals surface area (Å²) in [5.74, 6) is 0.997. The van der Waals surface area contributed by atoms with Crippen molar-refractivity contribution in [2.75, 3.05) is 11.9 Å². The topological polar surface area (TPSA) is 9.23 Å². The first kappa shape index (κ1) is 11.6. The first-order valence-corrected chi connectivity index (χ1v) is 6.26. The Labute approximate surface area is 94.6 Å². The van der Waals surface area contributed by atoms with Crippen molar-refractivity contribution in [3.63, 3.8) is 0 Å². The first-order valence-electron chi connectivity index (χ1n) is 5.14. The average Bonchev–Trinajstić information content (AvgIpc) is 2.19. The maximum absolute atomic E-state index is 5.62. The van der Waals surface area contributed by atoms with Crippen LogP contribution in [0.5, 0.6) is 5.75 Å². The van der Waals surface area contributed by atoms with E-state index in [1.165, 1.54) is 12.0 Å². The van der Waals surface area contributed by atoms with Crippen LogP contribution in [0.1, 0.15) is 25.3 Å². The molecule has 0 bridgehead atoms. The Bertz CT molecular complexity index is 260. The van der Waals surface area contributed by atoms with Gasteiger partial charge in [0.25, 0.3) is 0 Å². The van der Waals surface area contributed by atoms with Gasteiger partial charge in [-0.2, -0.15) is 0 Å². The van der Waals surface area contributed by atoms with Crippen molar-refractivity contribution in [3.8, 4) is 5.75 Å². The Kier molecular flexibility index (Phi) is 5.69. The highest BCUT2D eigenvalue weighted by molar-refractivity contribution is 9.09. The molecule has 0 amide bonds. The largest absolute Gasteiger partial charge is 0.494 e. The molecular formula is C12H17BrO. The lowest BCUT2D eigenvalue weighted by molar-refractivity contribution is 0.309. The standard InChI is InChI=1S/C12H17BrO/c1-2-3-9-14-12-6-4-5-11(10-12)7-8-13/h4-6,10H,2-3,7-9H2,1H3. The number of hydrogen-bond donors (Lipinski definition) is 0. The van der Waals surface area contributed by atoms with Gasteiger partial charge in [-0.25, -0.2) is 0 Å². The lowest BCUT2D eigenvalue weighted by atomic mass is 10.2. The van der Waals surface area contributed by atoms with Crippen LogP contribution in [-0.4, -0.2) is 11.9 Å². The highest BCUT2D eigenvalue weighted by Gasteiger charge is 1.95. The highest BCUT2D eigenvalue weighted by Crippen LogP contribution is 2.14. The van der Waals surface area contributed by atoms with E-state index in [0.29, 0.717) is 0 Å². The van der Waals surface area contributed by atoms with E-state index in [0.717, 1.165) is 30.5 Å². The van der Waals surface area contributed by atoms with Gasteiger partial charge in [0.1, 0.15) is 5.75 Å². The zero-order valence-electron chi connectivity index (χ0n) is 8.63. The van der Waals surface area contributed by atoms with Gasteiger partial charge in [0.05, 0.1) is 6.61 Å². The van der Waals surface area contributed by atoms with E-state index in [9.17, 15) is 0 Å². The summed E-state index contributed by atoms with van der Waals surface area (Å²) in [5, 5.41) is 1.01. The Hall–Kier alpha value is -0.500. The summed E-state index contributed by atoms with van der Waals surface area (Å²) in [6, 6.07) is 8.33. The van der Waals surface area contributed by atoms with E-state index in [1.54, 1.807) is 0 Å². The van der Waals surface area contributed by atoms with Gasteiger partial charge in [-0.15, -0.1) is 0 Å². The fourth-order valence-corrected chi connectivity index (χ4v) is 1.69. The smallest absolute Gasteiger partial charge is 0.119 e. The summed E-state index contributed by atoms with van der Waals surface area (Å²) in [6.45, 7) is 3.00. The van der Waals surface area contributed by atoms with Crippen LogP contribution in [0.3, 0.4) is 0 Å². The molecule has 0 fully saturated rings. The molecule has 0 radical (unpaired) electrons. The molecule has 0 heterocycles. The van der Waals surface area contributed by atoms with Crippen molar-refractivity contribution in [2.45, 2.75) is 26.2 Å². The molecule has 0 spiro atoms. The quantitative estimate of drug-likeness (QED) is 0.556. The molecule has 1 aromatic carbocycles. The average molecular weight is 257 g/mol. The molecule has 0 aliphatic rings. The molecule has 0 N–H and O–H groups in total. The second-order valence-corrected chi connectivity index (χ2v) is 4.08. The molecule has 0 unspecified atom stereocenters. The van der Waals surface area contributed by atoms with E-state index >= 15 is 0 Å². The van der Waals surface area contributed by atoms with Gasteiger partial charge in [-0.05, 0) is 30.5 Å². The van der Waals surface area contributed by atoms with Crippen molar-refractivity contribution in [2.24, 2.45) is 0 Å². The normalized spacial score (nSPS) is 10.1. The Balaban J connectivity index is 2.46. The summed E-state index contributed by atoms with van der Waals surface area (Å²) < 4.78 is 5.62. The molecule has 0 saturated heterocycles. The SMILES string of the molecule is CCCCOc1cccc(CCBr)c1. The van der Waals surface area contributed by atoms with E-state index in [-0.39, 0.29) is 0 Å². The van der Waals surface area contributed by atoms with Gasteiger partial charge in [0.2, 0.25) is 0 Å². The third-order valence-corrected chi connectivity index (χ3v) is 2.44. The third-order valence-electron chi connectivity index (χ3n) is 2.05. The number of benzene rings is 1. The number of aryl methyl sites for hydroxylation is 1. The molecule has 0 atom stereocenters. The fourth-order valence-electron chi connectivity index (χ4n) is 1.23. The molecule has 0 aromatic heterocycles. The summed E-state index contributed by atoms with van der Waals surface area (Å²) in [5.41, 5.74) is 1.33. The molecule has 78 valence electrons. The Morgan fingerprint density at radius 1 is 1.36 bits per heavy atom. The minimum atomic E-state index is 0.828. The lowest BCUT2D eigenvalue weighted by Gasteiger charge is -2.06. The van der Waals surface area contributed by atoms with Gasteiger partial charge in [-0.1, -0.05) is 41.4 Å². The van der Waals surface area contributed by atoms with Crippen LogP contribution in [-0.2, 0) is 6.42 Å². The van der Waals surface area contributed by atoms with Crippen molar-refractivity contribution in [1.82, 2.24) is 0 Å². The summed E-state index contributed by atoms with van der Waals surface area (Å²) in [4.78, 5) is 0. The zero-order valence-corrected chi connectivity index (χ0v) is 10.2. The number of alkyl halides is 1. The molecule has 0 saturated carbocycles. The molecule has 14 heavy (non-hydrogen) atoms. The number of ether oxygens (including phenoxy) is 1. The van der Waals surface area contributed by atoms with E-state index in [2.05, 4.69) is 41.1 Å². The van der Waals surface area contributed by atoms with Gasteiger partial charge >= 0.3 is 0 Å². The van der Waals surface area contributed by atoms with E-state index in [1.807, 2.05) is 6.07 Å². The monoisotopic (exact) mass is 256 g/mol. The minimum absolute atomic E-state index is 0.828. The molecule has 1 rings (SSSR count). The second kappa shape index (κ2) is 6.88. The van der Waals surface area contributed by atoms with Crippen molar-refractivity contribution in [1.29, 1.82) is 0 Å². The lowest BCUT2D eigenvalue weighted by Crippen LogP contribution is -1.97. The molecule has 0 aliphatic heterocycles. The van der Waals surface area contributed by atoms with Crippen LogP contribution in [0, 0.1) is 0 Å². The Morgan fingerprint density at radius 2 is 2.21 bits per heavy atom. The number of halogens is 1. The summed E-state index contributed by atoms with van der Waals surface area (Å²) >= 11 is 3.43. The van der Waals surface area contributed by atoms with Crippen LogP contribution in [0.4, 0.5) is 0 Å². The molecule has 1 aromatic rings. The van der Waals surface area contributed by atoms with Crippen molar-refractivity contribution < 1.29 is 4.74 Å². The van der Waals surface area contributed by atoms with Gasteiger partial charge in [0.15, 0.2) is 0 Å². The highest BCUT2D eigenvalue weighted by atomic mass is 79.9. The van der Waals surface area contributed by atoms with E-state index in [4.69, 9.17) is 4.74 Å². The number of hydrogen-bond acceptors (Lipinski definition) is 1. The molecular weight excluding hydrogens is 240 g/mol. The van der Waals surface area contributed by atoms with Gasteiger partial charge in [0, 0.05) is 5.33 Å². The van der Waals surface area contributed by atoms with E-state index < -0.39 is 0 Å². The molecule has 2 heteroatoms. The van der Waals surface area contributed by atoms with Crippen LogP contribution in [0.2, 0.25) is 0 Å². The van der Waals surface area contributed by atoms with Crippen LogP contribution >= 0.6 is 15.9 Å². The molecule has 1 nitrogen and oxygen atoms in total. The van der Waals surface area contributed by atoms with Crippen LogP contribution in [0.15, 0.2) is 24.3 Å². The zero-order chi connectivity index (χ0) is 10.2.